The molecule has 0 radical (unpaired) electrons. The van der Waals surface area contributed by atoms with Crippen molar-refractivity contribution in [2.75, 3.05) is 26.2 Å². The van der Waals surface area contributed by atoms with Crippen LogP contribution in [0.25, 0.3) is 11.6 Å². The zero-order valence-corrected chi connectivity index (χ0v) is 20.1. The lowest BCUT2D eigenvalue weighted by Crippen LogP contribution is -2.62. The highest BCUT2D eigenvalue weighted by atomic mass is 19.1. The van der Waals surface area contributed by atoms with Crippen LogP contribution in [0.5, 0.6) is 0 Å². The Bertz CT molecular complexity index is 1170. The molecule has 0 bridgehead atoms. The minimum absolute atomic E-state index is 0.0231. The van der Waals surface area contributed by atoms with Crippen molar-refractivity contribution in [3.05, 3.63) is 64.7 Å². The zero-order chi connectivity index (χ0) is 24.6. The third-order valence-corrected chi connectivity index (χ3v) is 7.14. The molecule has 2 aliphatic rings. The van der Waals surface area contributed by atoms with E-state index >= 15 is 4.39 Å². The number of benzene rings is 1. The number of hydrogen-bond acceptors (Lipinski definition) is 4. The number of halogens is 1. The van der Waals surface area contributed by atoms with Crippen LogP contribution in [0.2, 0.25) is 0 Å². The first-order valence-electron chi connectivity index (χ1n) is 11.7. The normalized spacial score (nSPS) is 18.0. The van der Waals surface area contributed by atoms with Gasteiger partial charge in [0.1, 0.15) is 5.82 Å². The highest BCUT2D eigenvalue weighted by Gasteiger charge is 2.43. The van der Waals surface area contributed by atoms with E-state index in [0.29, 0.717) is 44.6 Å². The highest BCUT2D eigenvalue weighted by Crippen LogP contribution is 2.31. The first kappa shape index (κ1) is 23.9. The van der Waals surface area contributed by atoms with Gasteiger partial charge in [-0.1, -0.05) is 18.7 Å². The summed E-state index contributed by atoms with van der Waals surface area (Å²) in [5, 5.41) is 4.42. The van der Waals surface area contributed by atoms with E-state index < -0.39 is 11.4 Å². The minimum Gasteiger partial charge on any atom is -0.338 e. The van der Waals surface area contributed by atoms with Crippen molar-refractivity contribution in [2.24, 2.45) is 12.8 Å². The average Bonchev–Trinajstić information content (AvgIpc) is 3.05. The first-order valence-corrected chi connectivity index (χ1v) is 11.7. The predicted molar refractivity (Wildman–Crippen MR) is 130 cm³/mol. The van der Waals surface area contributed by atoms with Gasteiger partial charge in [0.05, 0.1) is 16.8 Å². The molecule has 1 aliphatic heterocycles. The number of nitrogens with two attached hydrogens (primary N) is 1. The van der Waals surface area contributed by atoms with Crippen LogP contribution in [-0.2, 0) is 11.8 Å². The van der Waals surface area contributed by atoms with Crippen molar-refractivity contribution in [3.8, 4) is 0 Å². The van der Waals surface area contributed by atoms with Gasteiger partial charge < -0.3 is 15.5 Å². The molecule has 0 atom stereocenters. The number of carbonyl (C=O) groups is 2. The summed E-state index contributed by atoms with van der Waals surface area (Å²) in [6, 6.07) is 4.63. The van der Waals surface area contributed by atoms with E-state index in [1.807, 2.05) is 27.0 Å². The van der Waals surface area contributed by atoms with E-state index in [-0.39, 0.29) is 17.4 Å². The average molecular weight is 466 g/mol. The van der Waals surface area contributed by atoms with Crippen molar-refractivity contribution in [3.63, 3.8) is 0 Å². The third kappa shape index (κ3) is 4.30. The highest BCUT2D eigenvalue weighted by molar-refractivity contribution is 5.96. The fourth-order valence-electron chi connectivity index (χ4n) is 4.65. The number of carbonyl (C=O) groups excluding carboxylic acids is 2. The van der Waals surface area contributed by atoms with Crippen molar-refractivity contribution in [2.45, 2.75) is 38.6 Å². The van der Waals surface area contributed by atoms with Gasteiger partial charge in [-0.3, -0.25) is 14.3 Å². The van der Waals surface area contributed by atoms with Gasteiger partial charge in [0.15, 0.2) is 0 Å². The van der Waals surface area contributed by atoms with Gasteiger partial charge in [0.2, 0.25) is 5.91 Å². The lowest BCUT2D eigenvalue weighted by Gasteiger charge is -2.43. The van der Waals surface area contributed by atoms with E-state index in [1.165, 1.54) is 12.1 Å². The number of hydrogen-bond donors (Lipinski definition) is 1. The molecule has 1 aliphatic carbocycles. The first-order chi connectivity index (χ1) is 16.1. The summed E-state index contributed by atoms with van der Waals surface area (Å²) in [4.78, 5) is 29.0. The molecule has 4 rings (SSSR count). The molecule has 2 heterocycles. The second kappa shape index (κ2) is 9.18. The number of aryl methyl sites for hydroxylation is 2. The van der Waals surface area contributed by atoms with E-state index in [4.69, 9.17) is 5.73 Å². The van der Waals surface area contributed by atoms with Crippen LogP contribution >= 0.6 is 0 Å². The molecule has 1 aromatic heterocycles. The fourth-order valence-corrected chi connectivity index (χ4v) is 4.65. The van der Waals surface area contributed by atoms with Gasteiger partial charge in [-0.25, -0.2) is 4.39 Å². The Balaban J connectivity index is 1.47. The van der Waals surface area contributed by atoms with Crippen molar-refractivity contribution in [1.29, 1.82) is 0 Å². The number of amides is 2. The minimum atomic E-state index is -0.739. The molecule has 2 amide bonds. The summed E-state index contributed by atoms with van der Waals surface area (Å²) in [6.07, 6.45) is 6.00. The Morgan fingerprint density at radius 2 is 1.79 bits per heavy atom. The van der Waals surface area contributed by atoms with Gasteiger partial charge in [-0.15, -0.1) is 0 Å². The second-order valence-corrected chi connectivity index (χ2v) is 9.30. The van der Waals surface area contributed by atoms with Crippen LogP contribution in [0.3, 0.4) is 0 Å². The maximum absolute atomic E-state index is 15.1. The molecule has 1 saturated carbocycles. The largest absolute Gasteiger partial charge is 0.338 e. The predicted octanol–water partition coefficient (Wildman–Crippen LogP) is 3.07. The van der Waals surface area contributed by atoms with E-state index in [2.05, 4.69) is 11.7 Å². The molecule has 1 saturated heterocycles. The van der Waals surface area contributed by atoms with E-state index in [1.54, 1.807) is 26.6 Å². The van der Waals surface area contributed by atoms with Crippen LogP contribution in [0.1, 0.15) is 52.1 Å². The Morgan fingerprint density at radius 3 is 2.29 bits per heavy atom. The number of aromatic nitrogens is 2. The van der Waals surface area contributed by atoms with Crippen LogP contribution in [0.15, 0.2) is 30.9 Å². The molecule has 7 nitrogen and oxygen atoms in total. The van der Waals surface area contributed by atoms with Crippen molar-refractivity contribution >= 4 is 23.5 Å². The monoisotopic (exact) mass is 465 g/mol. The molecule has 0 spiro atoms. The Kier molecular flexibility index (Phi) is 6.45. The smallest absolute Gasteiger partial charge is 0.256 e. The molecule has 180 valence electrons. The summed E-state index contributed by atoms with van der Waals surface area (Å²) < 4.78 is 16.9. The summed E-state index contributed by atoms with van der Waals surface area (Å²) in [6.45, 7) is 9.32. The summed E-state index contributed by atoms with van der Waals surface area (Å²) in [5.74, 6) is -0.988. The molecule has 1 aromatic carbocycles. The van der Waals surface area contributed by atoms with Gasteiger partial charge >= 0.3 is 0 Å². The molecule has 2 N–H and O–H groups in total. The Hall–Kier alpha value is -3.26. The quantitative estimate of drug-likeness (QED) is 0.688. The van der Waals surface area contributed by atoms with Crippen LogP contribution in [0.4, 0.5) is 4.39 Å². The van der Waals surface area contributed by atoms with E-state index in [9.17, 15) is 9.59 Å². The maximum atomic E-state index is 15.1. The summed E-state index contributed by atoms with van der Waals surface area (Å²) in [5.41, 5.74) is 9.67. The van der Waals surface area contributed by atoms with Crippen molar-refractivity contribution < 1.29 is 14.0 Å². The van der Waals surface area contributed by atoms with Gasteiger partial charge in [-0.2, -0.15) is 5.10 Å². The molecule has 2 fully saturated rings. The van der Waals surface area contributed by atoms with Crippen LogP contribution in [0, 0.1) is 19.7 Å². The second-order valence-electron chi connectivity index (χ2n) is 9.30. The number of piperazine rings is 1. The molecule has 34 heavy (non-hydrogen) atoms. The SMILES string of the molecule is C=C/C(=C\c1c(C)nn(C)c1C)c1ccc(C(=O)N2CCN(C(=O)C3(N)CCC3)CC2)c(F)c1. The van der Waals surface area contributed by atoms with Gasteiger partial charge in [0, 0.05) is 44.5 Å². The topological polar surface area (TPSA) is 84.5 Å². The molecular weight excluding hydrogens is 433 g/mol. The number of nitrogens with zero attached hydrogens (tertiary/aromatic N) is 4. The summed E-state index contributed by atoms with van der Waals surface area (Å²) in [7, 11) is 1.88. The maximum Gasteiger partial charge on any atom is 0.256 e. The molecule has 0 unspecified atom stereocenters. The lowest BCUT2D eigenvalue weighted by atomic mass is 9.76. The fraction of sp³-hybridized carbons (Fsp3) is 0.423. The standard InChI is InChI=1S/C26H32FN5O2/c1-5-19(15-22-17(2)29-30(4)18(22)3)20-7-8-21(23(27)16-20)24(33)31-11-13-32(14-12-31)25(34)26(28)9-6-10-26/h5,7-8,15-16H,1,6,9-14,28H2,2-4H3/b19-15+. The van der Waals surface area contributed by atoms with Crippen LogP contribution < -0.4 is 5.73 Å². The Labute approximate surface area is 199 Å². The van der Waals surface area contributed by atoms with Crippen LogP contribution in [-0.4, -0.2) is 63.1 Å². The zero-order valence-electron chi connectivity index (χ0n) is 20.1. The molecule has 8 heteroatoms. The number of allylic oxidation sites excluding steroid dienone is 2. The van der Waals surface area contributed by atoms with Gasteiger partial charge in [-0.05, 0) is 62.5 Å². The van der Waals surface area contributed by atoms with Gasteiger partial charge in [0.25, 0.3) is 5.91 Å². The Morgan fingerprint density at radius 1 is 1.15 bits per heavy atom. The lowest BCUT2D eigenvalue weighted by molar-refractivity contribution is -0.141. The number of rotatable bonds is 5. The van der Waals surface area contributed by atoms with Crippen molar-refractivity contribution in [1.82, 2.24) is 19.6 Å². The molecule has 2 aromatic rings. The molecular formula is C26H32FN5O2. The van der Waals surface area contributed by atoms with E-state index in [0.717, 1.165) is 28.9 Å². The third-order valence-electron chi connectivity index (χ3n) is 7.14. The summed E-state index contributed by atoms with van der Waals surface area (Å²) >= 11 is 0.